The van der Waals surface area contributed by atoms with E-state index in [2.05, 4.69) is 25.7 Å². The number of fused-ring (bicyclic) bond motifs is 1. The first-order chi connectivity index (χ1) is 13.2. The summed E-state index contributed by atoms with van der Waals surface area (Å²) in [7, 11) is 4.04. The van der Waals surface area contributed by atoms with E-state index in [0.29, 0.717) is 18.3 Å². The molecule has 0 aromatic carbocycles. The summed E-state index contributed by atoms with van der Waals surface area (Å²) in [5.41, 5.74) is 1.19. The molecule has 9 nitrogen and oxygen atoms in total. The number of carbonyl (C=O) groups is 2. The van der Waals surface area contributed by atoms with Gasteiger partial charge in [0.15, 0.2) is 5.82 Å². The first-order valence-electron chi connectivity index (χ1n) is 9.86. The van der Waals surface area contributed by atoms with Crippen LogP contribution >= 0.6 is 0 Å². The fraction of sp³-hybridized carbons (Fsp3) is 0.737. The number of H-pyrrole nitrogens is 1. The summed E-state index contributed by atoms with van der Waals surface area (Å²) >= 11 is 0. The highest BCUT2D eigenvalue weighted by Gasteiger charge is 2.44. The summed E-state index contributed by atoms with van der Waals surface area (Å²) in [4.78, 5) is 28.6. The summed E-state index contributed by atoms with van der Waals surface area (Å²) in [5.74, 6) is 0.723. The molecule has 2 aliphatic heterocycles. The van der Waals surface area contributed by atoms with Gasteiger partial charge in [0.1, 0.15) is 0 Å². The molecule has 0 radical (unpaired) electrons. The lowest BCUT2D eigenvalue weighted by Gasteiger charge is -2.37. The number of hydrogen-bond acceptors (Lipinski definition) is 5. The molecule has 3 rings (SSSR count). The molecule has 2 aliphatic rings. The first kappa shape index (κ1) is 20.6. The normalized spacial score (nSPS) is 20.1. The van der Waals surface area contributed by atoms with Gasteiger partial charge in [-0.3, -0.25) is 9.89 Å². The van der Waals surface area contributed by atoms with Crippen molar-refractivity contribution in [2.75, 3.05) is 39.2 Å². The maximum atomic E-state index is 13.2. The SMILES string of the molecule is CC(=O)Nc1n[nH]c2c1CN(C(=O)NC(CN(C)C)C1CCOCC1)C2(C)C. The molecule has 0 saturated carbocycles. The van der Waals surface area contributed by atoms with E-state index >= 15 is 0 Å². The Morgan fingerprint density at radius 1 is 1.36 bits per heavy atom. The van der Waals surface area contributed by atoms with Gasteiger partial charge in [-0.25, -0.2) is 4.79 Å². The van der Waals surface area contributed by atoms with Crippen LogP contribution in [0.15, 0.2) is 0 Å². The van der Waals surface area contributed by atoms with Crippen LogP contribution in [0.1, 0.15) is 44.9 Å². The van der Waals surface area contributed by atoms with Crippen molar-refractivity contribution < 1.29 is 14.3 Å². The van der Waals surface area contributed by atoms with Gasteiger partial charge in [-0.2, -0.15) is 5.10 Å². The molecular formula is C19H32N6O3. The van der Waals surface area contributed by atoms with Crippen LogP contribution in [0.3, 0.4) is 0 Å². The standard InChI is InChI=1S/C19H32N6O3/c1-12(26)20-17-14-10-25(19(2,3)16(14)22-23-17)18(27)21-15(11-24(4)5)13-6-8-28-9-7-13/h13,15H,6-11H2,1-5H3,(H,21,27)(H2,20,22,23,26). The second-order valence-electron chi connectivity index (χ2n) is 8.52. The Hall–Kier alpha value is -2.13. The fourth-order valence-corrected chi connectivity index (χ4v) is 4.17. The van der Waals surface area contributed by atoms with E-state index in [0.717, 1.165) is 43.9 Å². The summed E-state index contributed by atoms with van der Waals surface area (Å²) in [5, 5.41) is 13.2. The molecule has 1 fully saturated rings. The highest BCUT2D eigenvalue weighted by molar-refractivity contribution is 5.89. The van der Waals surface area contributed by atoms with Crippen LogP contribution in [-0.2, 0) is 21.6 Å². The molecule has 1 atom stereocenters. The van der Waals surface area contributed by atoms with E-state index in [9.17, 15) is 9.59 Å². The highest BCUT2D eigenvalue weighted by atomic mass is 16.5. The van der Waals surface area contributed by atoms with Gasteiger partial charge in [-0.1, -0.05) is 0 Å². The van der Waals surface area contributed by atoms with Gasteiger partial charge in [0.2, 0.25) is 5.91 Å². The summed E-state index contributed by atoms with van der Waals surface area (Å²) < 4.78 is 5.49. The van der Waals surface area contributed by atoms with Crippen LogP contribution in [-0.4, -0.2) is 71.8 Å². The molecule has 1 aromatic heterocycles. The van der Waals surface area contributed by atoms with Crippen LogP contribution in [0.2, 0.25) is 0 Å². The van der Waals surface area contributed by atoms with Gasteiger partial charge in [0, 0.05) is 38.3 Å². The van der Waals surface area contributed by atoms with Crippen LogP contribution in [0.5, 0.6) is 0 Å². The third-order valence-corrected chi connectivity index (χ3v) is 5.72. The van der Waals surface area contributed by atoms with Crippen molar-refractivity contribution in [1.29, 1.82) is 0 Å². The first-order valence-corrected chi connectivity index (χ1v) is 9.86. The van der Waals surface area contributed by atoms with Gasteiger partial charge >= 0.3 is 6.03 Å². The largest absolute Gasteiger partial charge is 0.381 e. The number of likely N-dealkylation sites (N-methyl/N-ethyl adjacent to an activating group) is 1. The average Bonchev–Trinajstić information content (AvgIpc) is 3.13. The number of amides is 3. The number of hydrogen-bond donors (Lipinski definition) is 3. The number of nitrogens with zero attached hydrogens (tertiary/aromatic N) is 3. The van der Waals surface area contributed by atoms with E-state index in [1.807, 2.05) is 32.8 Å². The minimum absolute atomic E-state index is 0.0640. The van der Waals surface area contributed by atoms with E-state index < -0.39 is 5.54 Å². The third-order valence-electron chi connectivity index (χ3n) is 5.72. The van der Waals surface area contributed by atoms with E-state index in [4.69, 9.17) is 4.74 Å². The van der Waals surface area contributed by atoms with Crippen molar-refractivity contribution in [2.24, 2.45) is 5.92 Å². The topological polar surface area (TPSA) is 103 Å². The van der Waals surface area contributed by atoms with Crippen molar-refractivity contribution in [3.63, 3.8) is 0 Å². The highest BCUT2D eigenvalue weighted by Crippen LogP contribution is 2.40. The second kappa shape index (κ2) is 8.08. The number of anilines is 1. The molecule has 3 N–H and O–H groups in total. The Morgan fingerprint density at radius 3 is 2.64 bits per heavy atom. The number of aromatic nitrogens is 2. The van der Waals surface area contributed by atoms with Crippen LogP contribution in [0.25, 0.3) is 0 Å². The zero-order valence-electron chi connectivity index (χ0n) is 17.5. The zero-order chi connectivity index (χ0) is 20.5. The van der Waals surface area contributed by atoms with Gasteiger partial charge in [-0.15, -0.1) is 0 Å². The number of urea groups is 1. The Bertz CT molecular complexity index is 723. The van der Waals surface area contributed by atoms with Crippen molar-refractivity contribution in [3.8, 4) is 0 Å². The summed E-state index contributed by atoms with van der Waals surface area (Å²) in [6.45, 7) is 8.11. The van der Waals surface area contributed by atoms with Gasteiger partial charge in [0.05, 0.1) is 17.8 Å². The molecule has 28 heavy (non-hydrogen) atoms. The predicted octanol–water partition coefficient (Wildman–Crippen LogP) is 1.49. The second-order valence-corrected chi connectivity index (χ2v) is 8.52. The molecule has 9 heteroatoms. The molecule has 0 spiro atoms. The average molecular weight is 393 g/mol. The van der Waals surface area contributed by atoms with Crippen LogP contribution in [0.4, 0.5) is 10.6 Å². The summed E-state index contributed by atoms with van der Waals surface area (Å²) in [6.07, 6.45) is 1.91. The molecule has 1 unspecified atom stereocenters. The Balaban J connectivity index is 1.75. The van der Waals surface area contributed by atoms with Crippen molar-refractivity contribution in [2.45, 2.75) is 51.7 Å². The lowest BCUT2D eigenvalue weighted by Crippen LogP contribution is -2.54. The van der Waals surface area contributed by atoms with Crippen LogP contribution in [0, 0.1) is 5.92 Å². The molecular weight excluding hydrogens is 360 g/mol. The molecule has 0 aliphatic carbocycles. The zero-order valence-corrected chi connectivity index (χ0v) is 17.5. The maximum Gasteiger partial charge on any atom is 0.318 e. The fourth-order valence-electron chi connectivity index (χ4n) is 4.17. The van der Waals surface area contributed by atoms with Gasteiger partial charge < -0.3 is 25.2 Å². The van der Waals surface area contributed by atoms with Crippen molar-refractivity contribution in [1.82, 2.24) is 25.3 Å². The van der Waals surface area contributed by atoms with Gasteiger partial charge in [-0.05, 0) is 46.7 Å². The number of rotatable bonds is 5. The predicted molar refractivity (Wildman–Crippen MR) is 106 cm³/mol. The quantitative estimate of drug-likeness (QED) is 0.704. The Kier molecular flexibility index (Phi) is 5.95. The van der Waals surface area contributed by atoms with Gasteiger partial charge in [0.25, 0.3) is 0 Å². The van der Waals surface area contributed by atoms with Crippen molar-refractivity contribution >= 4 is 17.8 Å². The maximum absolute atomic E-state index is 13.2. The minimum Gasteiger partial charge on any atom is -0.381 e. The van der Waals surface area contributed by atoms with E-state index in [-0.39, 0.29) is 18.0 Å². The number of nitrogens with one attached hydrogen (secondary N) is 3. The lowest BCUT2D eigenvalue weighted by molar-refractivity contribution is -0.114. The number of carbonyl (C=O) groups excluding carboxylic acids is 2. The third kappa shape index (κ3) is 4.15. The molecule has 3 heterocycles. The molecule has 1 aromatic rings. The Morgan fingerprint density at radius 2 is 2.04 bits per heavy atom. The van der Waals surface area contributed by atoms with E-state index in [1.54, 1.807) is 0 Å². The molecule has 3 amide bonds. The summed E-state index contributed by atoms with van der Waals surface area (Å²) in [6, 6.07) is -0.0317. The van der Waals surface area contributed by atoms with Crippen LogP contribution < -0.4 is 10.6 Å². The van der Waals surface area contributed by atoms with Crippen molar-refractivity contribution in [3.05, 3.63) is 11.3 Å². The smallest absolute Gasteiger partial charge is 0.318 e. The number of ether oxygens (including phenoxy) is 1. The van der Waals surface area contributed by atoms with E-state index in [1.165, 1.54) is 6.92 Å². The molecule has 0 bridgehead atoms. The Labute approximate surface area is 166 Å². The molecule has 156 valence electrons. The minimum atomic E-state index is -0.540. The number of aromatic amines is 1. The monoisotopic (exact) mass is 392 g/mol. The molecule has 1 saturated heterocycles. The lowest BCUT2D eigenvalue weighted by atomic mass is 9.91.